The van der Waals surface area contributed by atoms with Gasteiger partial charge in [0.05, 0.1) is 55.7 Å². The molecule has 5 rings (SSSR count). The molecule has 0 spiro atoms. The van der Waals surface area contributed by atoms with Gasteiger partial charge in [-0.15, -0.1) is 14.6 Å². The lowest BCUT2D eigenvalue weighted by atomic mass is 10.1. The molecule has 0 aliphatic heterocycles. The van der Waals surface area contributed by atoms with Crippen LogP contribution in [0, 0.1) is 0 Å². The van der Waals surface area contributed by atoms with Crippen molar-refractivity contribution < 1.29 is 57.3 Å². The number of aromatic carboxylic acids is 1. The number of carbonyl (C=O) groups is 1. The lowest BCUT2D eigenvalue weighted by Gasteiger charge is -2.15. The Hall–Kier alpha value is -5.17. The molecule has 8 N–H and O–H groups in total. The van der Waals surface area contributed by atoms with Gasteiger partial charge in [0.2, 0.25) is 11.9 Å². The zero-order chi connectivity index (χ0) is 34.4. The maximum atomic E-state index is 12.2. The lowest BCUT2D eigenvalue weighted by molar-refractivity contribution is -0.432. The summed E-state index contributed by atoms with van der Waals surface area (Å²) >= 11 is 0.927. The third kappa shape index (κ3) is 7.85. The number of benzene rings is 4. The molecular weight excluding hydrogens is 699 g/mol. The van der Waals surface area contributed by atoms with Crippen molar-refractivity contribution >= 4 is 85.6 Å². The van der Waals surface area contributed by atoms with Crippen molar-refractivity contribution in [1.29, 1.82) is 0 Å². The monoisotopic (exact) mass is 717 g/mol. The molecule has 0 unspecified atom stereocenters. The molecule has 0 fully saturated rings. The largest absolute Gasteiger partial charge is 0.505 e. The lowest BCUT2D eigenvalue weighted by Crippen LogP contribution is -2.05. The van der Waals surface area contributed by atoms with Crippen LogP contribution >= 0.6 is 24.1 Å². The summed E-state index contributed by atoms with van der Waals surface area (Å²) in [6.45, 7) is 0. The number of fused-ring (bicyclic) bond motifs is 1. The number of aromatic nitrogens is 3. The van der Waals surface area contributed by atoms with Gasteiger partial charge in [0.15, 0.2) is 5.75 Å². The molecule has 0 atom stereocenters. The van der Waals surface area contributed by atoms with Gasteiger partial charge in [-0.05, 0) is 47.9 Å². The number of hydrogen-bond donors (Lipinski definition) is 8. The Balaban J connectivity index is 1.66. The third-order valence-corrected chi connectivity index (χ3v) is 8.16. The van der Waals surface area contributed by atoms with Crippen molar-refractivity contribution in [2.24, 2.45) is 10.2 Å². The minimum atomic E-state index is -4.86. The van der Waals surface area contributed by atoms with Crippen molar-refractivity contribution in [2.45, 2.75) is 14.7 Å². The van der Waals surface area contributed by atoms with Gasteiger partial charge in [-0.2, -0.15) is 27.7 Å². The number of azo groups is 1. The fraction of sp³-hybridized carbons (Fsp3) is 0. The molecule has 19 nitrogen and oxygen atoms in total. The smallest absolute Gasteiger partial charge is 0.337 e. The highest BCUT2D eigenvalue weighted by Gasteiger charge is 2.23. The van der Waals surface area contributed by atoms with E-state index in [1.807, 2.05) is 0 Å². The highest BCUT2D eigenvalue weighted by atomic mass is 32.2. The van der Waals surface area contributed by atoms with Crippen LogP contribution in [0.3, 0.4) is 0 Å². The summed E-state index contributed by atoms with van der Waals surface area (Å²) < 4.78 is 42.9. The van der Waals surface area contributed by atoms with E-state index in [0.29, 0.717) is 34.7 Å². The number of nitrogens with zero attached hydrogens (tertiary/aromatic N) is 5. The Labute approximate surface area is 276 Å². The Morgan fingerprint density at radius 2 is 1.52 bits per heavy atom. The summed E-state index contributed by atoms with van der Waals surface area (Å²) in [6, 6.07) is 14.5. The number of phenols is 1. The average molecular weight is 718 g/mol. The van der Waals surface area contributed by atoms with E-state index >= 15 is 0 Å². The van der Waals surface area contributed by atoms with Gasteiger partial charge in [-0.25, -0.2) is 15.3 Å². The molecule has 1 aromatic heterocycles. The van der Waals surface area contributed by atoms with Crippen LogP contribution in [0.4, 0.5) is 34.6 Å². The maximum Gasteiger partial charge on any atom is 0.337 e. The van der Waals surface area contributed by atoms with E-state index in [-0.39, 0.29) is 50.2 Å². The zero-order valence-corrected chi connectivity index (χ0v) is 25.9. The van der Waals surface area contributed by atoms with Crippen molar-refractivity contribution in [1.82, 2.24) is 15.0 Å². The summed E-state index contributed by atoms with van der Waals surface area (Å²) in [7, 11) is -4.86. The number of nitrogens with one attached hydrogen (secondary N) is 2. The molecule has 0 bridgehead atoms. The normalized spacial score (nSPS) is 11.6. The molecule has 4 aromatic carbocycles. The van der Waals surface area contributed by atoms with Crippen molar-refractivity contribution in [2.75, 3.05) is 10.6 Å². The fourth-order valence-electron chi connectivity index (χ4n) is 4.17. The Kier molecular flexibility index (Phi) is 10.5. The van der Waals surface area contributed by atoms with Gasteiger partial charge in [-0.3, -0.25) is 4.55 Å². The highest BCUT2D eigenvalue weighted by Crippen LogP contribution is 2.47. The van der Waals surface area contributed by atoms with Crippen LogP contribution in [0.25, 0.3) is 10.8 Å². The van der Waals surface area contributed by atoms with Crippen molar-refractivity contribution in [3.63, 3.8) is 0 Å². The van der Waals surface area contributed by atoms with Gasteiger partial charge in [0.25, 0.3) is 10.1 Å². The number of phenolic OH excluding ortho intramolecular Hbond substituents is 1. The van der Waals surface area contributed by atoms with Crippen LogP contribution < -0.4 is 10.6 Å². The summed E-state index contributed by atoms with van der Waals surface area (Å²) in [5, 5.41) is 65.7. The highest BCUT2D eigenvalue weighted by molar-refractivity contribution is 7.95. The number of anilines is 4. The van der Waals surface area contributed by atoms with Crippen LogP contribution in [-0.2, 0) is 23.8 Å². The Morgan fingerprint density at radius 1 is 0.833 bits per heavy atom. The third-order valence-electron chi connectivity index (χ3n) is 6.10. The fourth-order valence-corrected chi connectivity index (χ4v) is 5.63. The molecular formula is C26H19N7O12S3. The second-order valence-electron chi connectivity index (χ2n) is 9.05. The topological polar surface area (TPSA) is 288 Å². The second kappa shape index (κ2) is 14.7. The predicted octanol–water partition coefficient (Wildman–Crippen LogP) is 6.21. The number of aromatic hydroxyl groups is 2. The number of carboxylic acids is 1. The van der Waals surface area contributed by atoms with Crippen LogP contribution in [0.15, 0.2) is 91.6 Å². The first kappa shape index (κ1) is 34.2. The standard InChI is InChI=1S/C26H19N7O12S3/c34-22-20-12(10-19(47-45-43-38)21(22)33-32-15-6-2-1-5-14(15)23(35)36)9-13(48(40,41)42)11-17(20)28-25-29-24(30-26(37)31-25)27-16-7-3-4-8-18(16)46-44-39/h1-11,34,38-39H,(H,35,36)(H,40,41,42)(H3,27,28,29,30,31,37). The second-order valence-corrected chi connectivity index (χ2v) is 12.0. The first-order chi connectivity index (χ1) is 23.0. The first-order valence-electron chi connectivity index (χ1n) is 12.7. The molecule has 0 aliphatic rings. The molecule has 0 amide bonds. The van der Waals surface area contributed by atoms with Crippen LogP contribution in [0.2, 0.25) is 0 Å². The molecule has 0 saturated carbocycles. The first-order valence-corrected chi connectivity index (χ1v) is 15.7. The van der Waals surface area contributed by atoms with E-state index in [0.717, 1.165) is 12.1 Å². The molecule has 22 heteroatoms. The summed E-state index contributed by atoms with van der Waals surface area (Å²) in [5.74, 6) is -2.58. The molecule has 1 heterocycles. The van der Waals surface area contributed by atoms with Gasteiger partial charge >= 0.3 is 12.0 Å². The molecule has 48 heavy (non-hydrogen) atoms. The van der Waals surface area contributed by atoms with Gasteiger partial charge in [0, 0.05) is 5.39 Å². The van der Waals surface area contributed by atoms with Gasteiger partial charge < -0.3 is 26.0 Å². The molecule has 0 aliphatic carbocycles. The average Bonchev–Trinajstić information content (AvgIpc) is 3.03. The van der Waals surface area contributed by atoms with Crippen molar-refractivity contribution in [3.05, 3.63) is 72.3 Å². The van der Waals surface area contributed by atoms with Crippen LogP contribution in [0.1, 0.15) is 10.4 Å². The molecule has 0 saturated heterocycles. The summed E-state index contributed by atoms with van der Waals surface area (Å²) in [5.41, 5.74) is -0.547. The summed E-state index contributed by atoms with van der Waals surface area (Å²) in [4.78, 5) is 23.1. The zero-order valence-electron chi connectivity index (χ0n) is 23.4. The SMILES string of the molecule is O=C(O)c1ccccc1N=Nc1c(SOOO)cc2cc(S(=O)(=O)O)cc(Nc3nc(O)nc(Nc4ccccc4SOO)n3)c2c1O. The molecule has 0 radical (unpaired) electrons. The van der Waals surface area contributed by atoms with E-state index in [1.54, 1.807) is 24.3 Å². The number of carboxylic acid groups (broad SMARTS) is 1. The number of para-hydroxylation sites is 1. The number of rotatable bonds is 13. The van der Waals surface area contributed by atoms with Gasteiger partial charge in [0.1, 0.15) is 11.4 Å². The van der Waals surface area contributed by atoms with Crippen molar-refractivity contribution in [3.8, 4) is 11.8 Å². The van der Waals surface area contributed by atoms with E-state index in [4.69, 9.17) is 10.5 Å². The van der Waals surface area contributed by atoms with Crippen LogP contribution in [0.5, 0.6) is 11.8 Å². The van der Waals surface area contributed by atoms with E-state index in [2.05, 4.69) is 49.5 Å². The Bertz CT molecular complexity index is 2160. The van der Waals surface area contributed by atoms with Gasteiger partial charge in [-0.1, -0.05) is 29.3 Å². The van der Waals surface area contributed by atoms with Crippen LogP contribution in [-0.4, -0.2) is 59.7 Å². The van der Waals surface area contributed by atoms with E-state index < -0.39 is 32.7 Å². The predicted molar refractivity (Wildman–Crippen MR) is 168 cm³/mol. The summed E-state index contributed by atoms with van der Waals surface area (Å²) in [6.07, 6.45) is 0. The van der Waals surface area contributed by atoms with E-state index in [1.165, 1.54) is 30.3 Å². The molecule has 5 aromatic rings. The number of hydrogen-bond acceptors (Lipinski definition) is 19. The quantitative estimate of drug-likeness (QED) is 0.0221. The maximum absolute atomic E-state index is 12.2. The van der Waals surface area contributed by atoms with E-state index in [9.17, 15) is 33.1 Å². The molecule has 248 valence electrons. The minimum Gasteiger partial charge on any atom is -0.505 e. The Morgan fingerprint density at radius 3 is 2.21 bits per heavy atom. The minimum absolute atomic E-state index is 0.0503.